The highest BCUT2D eigenvalue weighted by Crippen LogP contribution is 2.08. The van der Waals surface area contributed by atoms with Crippen LogP contribution in [0.2, 0.25) is 0 Å². The number of carbonyl (C=O) groups is 1. The molecule has 0 aromatic rings. The maximum absolute atomic E-state index is 11.3. The second-order valence-electron chi connectivity index (χ2n) is 3.25. The average molecular weight is 206 g/mol. The van der Waals surface area contributed by atoms with Crippen LogP contribution in [0.4, 0.5) is 0 Å². The summed E-state index contributed by atoms with van der Waals surface area (Å²) in [5, 5.41) is 4.77. The lowest BCUT2D eigenvalue weighted by Crippen LogP contribution is -2.40. The molecule has 2 N–H and O–H groups in total. The molecular formula is C7H14N2O3S. The number of likely N-dealkylation sites (tertiary alicyclic amines) is 1. The van der Waals surface area contributed by atoms with Gasteiger partial charge < -0.3 is 4.90 Å². The van der Waals surface area contributed by atoms with Crippen molar-refractivity contribution in [2.75, 3.05) is 18.8 Å². The van der Waals surface area contributed by atoms with E-state index < -0.39 is 15.8 Å². The average Bonchev–Trinajstić information content (AvgIpc) is 2.03. The maximum Gasteiger partial charge on any atom is 0.239 e. The SMILES string of the molecule is NS(=O)(=O)CC(=O)N1CCCCC1. The summed E-state index contributed by atoms with van der Waals surface area (Å²) in [6.45, 7) is 1.32. The normalized spacial score (nSPS) is 18.7. The van der Waals surface area contributed by atoms with E-state index in [9.17, 15) is 13.2 Å². The third-order valence-corrected chi connectivity index (χ3v) is 2.68. The van der Waals surface area contributed by atoms with Crippen LogP contribution in [0, 0.1) is 0 Å². The first kappa shape index (κ1) is 10.5. The van der Waals surface area contributed by atoms with Gasteiger partial charge in [-0.15, -0.1) is 0 Å². The van der Waals surface area contributed by atoms with Gasteiger partial charge in [-0.2, -0.15) is 0 Å². The second-order valence-corrected chi connectivity index (χ2v) is 4.86. The highest BCUT2D eigenvalue weighted by molar-refractivity contribution is 7.89. The molecule has 1 heterocycles. The standard InChI is InChI=1S/C7H14N2O3S/c8-13(11,12)6-7(10)9-4-2-1-3-5-9/h1-6H2,(H2,8,11,12). The fourth-order valence-corrected chi connectivity index (χ4v) is 1.93. The first-order chi connectivity index (χ1) is 5.99. The van der Waals surface area contributed by atoms with Gasteiger partial charge in [0, 0.05) is 13.1 Å². The summed E-state index contributed by atoms with van der Waals surface area (Å²) in [5.74, 6) is -0.935. The zero-order valence-corrected chi connectivity index (χ0v) is 8.22. The van der Waals surface area contributed by atoms with Crippen LogP contribution < -0.4 is 5.14 Å². The predicted molar refractivity (Wildman–Crippen MR) is 48.4 cm³/mol. The molecule has 76 valence electrons. The molecule has 1 aliphatic rings. The minimum atomic E-state index is -3.66. The number of amides is 1. The molecule has 13 heavy (non-hydrogen) atoms. The van der Waals surface area contributed by atoms with Crippen molar-refractivity contribution in [2.45, 2.75) is 19.3 Å². The van der Waals surface area contributed by atoms with E-state index in [0.29, 0.717) is 13.1 Å². The molecule has 1 saturated heterocycles. The van der Waals surface area contributed by atoms with E-state index in [1.807, 2.05) is 0 Å². The Labute approximate surface area is 77.9 Å². The van der Waals surface area contributed by atoms with E-state index in [4.69, 9.17) is 5.14 Å². The molecular weight excluding hydrogens is 192 g/mol. The van der Waals surface area contributed by atoms with Crippen LogP contribution in [-0.2, 0) is 14.8 Å². The van der Waals surface area contributed by atoms with E-state index in [2.05, 4.69) is 0 Å². The number of nitrogens with zero attached hydrogens (tertiary/aromatic N) is 1. The Hall–Kier alpha value is -0.620. The first-order valence-electron chi connectivity index (χ1n) is 4.27. The number of hydrogen-bond acceptors (Lipinski definition) is 3. The van der Waals surface area contributed by atoms with Gasteiger partial charge in [0.05, 0.1) is 0 Å². The first-order valence-corrected chi connectivity index (χ1v) is 5.99. The fourth-order valence-electron chi connectivity index (χ4n) is 1.41. The Morgan fingerprint density at radius 2 is 1.77 bits per heavy atom. The zero-order valence-electron chi connectivity index (χ0n) is 7.40. The van der Waals surface area contributed by atoms with Gasteiger partial charge in [-0.1, -0.05) is 0 Å². The predicted octanol–water partition coefficient (Wildman–Crippen LogP) is -0.713. The summed E-state index contributed by atoms with van der Waals surface area (Å²) in [5.41, 5.74) is 0. The van der Waals surface area contributed by atoms with Crippen molar-refractivity contribution in [3.8, 4) is 0 Å². The van der Waals surface area contributed by atoms with Crippen molar-refractivity contribution >= 4 is 15.9 Å². The minimum absolute atomic E-state index is 0.373. The Morgan fingerprint density at radius 3 is 2.23 bits per heavy atom. The molecule has 0 unspecified atom stereocenters. The molecule has 0 aromatic heterocycles. The Morgan fingerprint density at radius 1 is 1.23 bits per heavy atom. The van der Waals surface area contributed by atoms with Crippen molar-refractivity contribution in [1.82, 2.24) is 4.90 Å². The number of nitrogens with two attached hydrogens (primary N) is 1. The van der Waals surface area contributed by atoms with E-state index in [1.54, 1.807) is 4.90 Å². The highest BCUT2D eigenvalue weighted by Gasteiger charge is 2.20. The van der Waals surface area contributed by atoms with Crippen LogP contribution in [0.1, 0.15) is 19.3 Å². The molecule has 0 aliphatic carbocycles. The van der Waals surface area contributed by atoms with Crippen molar-refractivity contribution in [3.63, 3.8) is 0 Å². The van der Waals surface area contributed by atoms with E-state index in [1.165, 1.54) is 0 Å². The van der Waals surface area contributed by atoms with Crippen molar-refractivity contribution in [1.29, 1.82) is 0 Å². The van der Waals surface area contributed by atoms with Gasteiger partial charge in [0.2, 0.25) is 15.9 Å². The zero-order chi connectivity index (χ0) is 9.90. The molecule has 5 nitrogen and oxygen atoms in total. The lowest BCUT2D eigenvalue weighted by molar-refractivity contribution is -0.129. The fraction of sp³-hybridized carbons (Fsp3) is 0.857. The summed E-state index contributed by atoms with van der Waals surface area (Å²) in [7, 11) is -3.66. The number of carbonyl (C=O) groups excluding carboxylic acids is 1. The molecule has 1 amide bonds. The van der Waals surface area contributed by atoms with Crippen LogP contribution in [0.5, 0.6) is 0 Å². The Balaban J connectivity index is 2.47. The van der Waals surface area contributed by atoms with Crippen LogP contribution in [0.15, 0.2) is 0 Å². The summed E-state index contributed by atoms with van der Waals surface area (Å²) in [4.78, 5) is 12.8. The molecule has 0 saturated carbocycles. The smallest absolute Gasteiger partial charge is 0.239 e. The highest BCUT2D eigenvalue weighted by atomic mass is 32.2. The number of primary sulfonamides is 1. The Bertz CT molecular complexity index is 280. The molecule has 0 spiro atoms. The third kappa shape index (κ3) is 3.73. The van der Waals surface area contributed by atoms with Gasteiger partial charge in [0.25, 0.3) is 0 Å². The molecule has 0 aromatic carbocycles. The third-order valence-electron chi connectivity index (χ3n) is 2.03. The summed E-state index contributed by atoms with van der Waals surface area (Å²) in [6.07, 6.45) is 3.02. The second kappa shape index (κ2) is 4.06. The molecule has 1 fully saturated rings. The van der Waals surface area contributed by atoms with Crippen LogP contribution in [-0.4, -0.2) is 38.1 Å². The topological polar surface area (TPSA) is 80.5 Å². The van der Waals surface area contributed by atoms with Gasteiger partial charge in [-0.05, 0) is 19.3 Å². The van der Waals surface area contributed by atoms with Crippen LogP contribution in [0.25, 0.3) is 0 Å². The van der Waals surface area contributed by atoms with Crippen molar-refractivity contribution < 1.29 is 13.2 Å². The van der Waals surface area contributed by atoms with Crippen LogP contribution >= 0.6 is 0 Å². The van der Waals surface area contributed by atoms with Gasteiger partial charge >= 0.3 is 0 Å². The van der Waals surface area contributed by atoms with Crippen molar-refractivity contribution in [3.05, 3.63) is 0 Å². The quantitative estimate of drug-likeness (QED) is 0.648. The van der Waals surface area contributed by atoms with Gasteiger partial charge in [-0.25, -0.2) is 13.6 Å². The van der Waals surface area contributed by atoms with E-state index >= 15 is 0 Å². The summed E-state index contributed by atoms with van der Waals surface area (Å²) < 4.78 is 21.2. The van der Waals surface area contributed by atoms with E-state index in [0.717, 1.165) is 19.3 Å². The monoisotopic (exact) mass is 206 g/mol. The summed E-state index contributed by atoms with van der Waals surface area (Å²) >= 11 is 0. The van der Waals surface area contributed by atoms with Gasteiger partial charge in [0.15, 0.2) is 0 Å². The molecule has 0 bridgehead atoms. The Kier molecular flexibility index (Phi) is 3.27. The number of hydrogen-bond donors (Lipinski definition) is 1. The van der Waals surface area contributed by atoms with Crippen LogP contribution in [0.3, 0.4) is 0 Å². The largest absolute Gasteiger partial charge is 0.342 e. The van der Waals surface area contributed by atoms with E-state index in [-0.39, 0.29) is 5.91 Å². The lowest BCUT2D eigenvalue weighted by atomic mass is 10.1. The molecule has 1 rings (SSSR count). The lowest BCUT2D eigenvalue weighted by Gasteiger charge is -2.26. The number of rotatable bonds is 2. The molecule has 1 aliphatic heterocycles. The number of sulfonamides is 1. The number of piperidine rings is 1. The van der Waals surface area contributed by atoms with Crippen molar-refractivity contribution in [2.24, 2.45) is 5.14 Å². The van der Waals surface area contributed by atoms with Gasteiger partial charge in [-0.3, -0.25) is 4.79 Å². The minimum Gasteiger partial charge on any atom is -0.342 e. The molecule has 0 atom stereocenters. The van der Waals surface area contributed by atoms with Gasteiger partial charge in [0.1, 0.15) is 5.75 Å². The maximum atomic E-state index is 11.3. The molecule has 6 heteroatoms. The summed E-state index contributed by atoms with van der Waals surface area (Å²) in [6, 6.07) is 0. The molecule has 0 radical (unpaired) electrons.